The van der Waals surface area contributed by atoms with Crippen molar-refractivity contribution in [2.45, 2.75) is 83.8 Å². The highest BCUT2D eigenvalue weighted by atomic mass is 29.7. The molecule has 1 fully saturated rings. The molecule has 2 N–H and O–H groups in total. The third-order valence-electron chi connectivity index (χ3n) is 5.13. The molecular formula is C14H37NO2Si4. The molecule has 1 heterocycles. The van der Waals surface area contributed by atoms with Crippen LogP contribution in [0.15, 0.2) is 0 Å². The molecule has 3 nitrogen and oxygen atoms in total. The van der Waals surface area contributed by atoms with E-state index >= 15 is 0 Å². The van der Waals surface area contributed by atoms with Crippen LogP contribution < -0.4 is 5.73 Å². The first-order chi connectivity index (χ1) is 9.18. The Hall–Kier alpha value is 0.748. The smallest absolute Gasteiger partial charge is 0.303 e. The third-order valence-corrected chi connectivity index (χ3v) is 45.7. The first-order valence-electron chi connectivity index (χ1n) is 8.29. The lowest BCUT2D eigenvalue weighted by Gasteiger charge is -2.60. The second-order valence-corrected chi connectivity index (χ2v) is 39.4. The van der Waals surface area contributed by atoms with Gasteiger partial charge in [0.05, 0.1) is 5.60 Å². The second-order valence-electron chi connectivity index (χ2n) is 9.41. The summed E-state index contributed by atoms with van der Waals surface area (Å²) < 4.78 is 13.8. The van der Waals surface area contributed by atoms with Crippen LogP contribution in [0.2, 0.25) is 57.9 Å². The van der Waals surface area contributed by atoms with Crippen molar-refractivity contribution in [3.63, 3.8) is 0 Å². The van der Waals surface area contributed by atoms with Crippen LogP contribution in [0, 0.1) is 0 Å². The van der Waals surface area contributed by atoms with E-state index in [1.54, 1.807) is 0 Å². The van der Waals surface area contributed by atoms with Crippen molar-refractivity contribution in [3.8, 4) is 0 Å². The first kappa shape index (κ1) is 19.8. The maximum atomic E-state index is 6.95. The van der Waals surface area contributed by atoms with Crippen molar-refractivity contribution in [1.29, 1.82) is 0 Å². The molecule has 1 aliphatic heterocycles. The van der Waals surface area contributed by atoms with Crippen molar-refractivity contribution in [2.24, 2.45) is 5.73 Å². The largest absolute Gasteiger partial charge is 0.439 e. The molecule has 0 spiro atoms. The Bertz CT molecular complexity index is 376. The van der Waals surface area contributed by atoms with E-state index < -0.39 is 31.1 Å². The Balaban J connectivity index is 3.34. The molecule has 1 rings (SSSR count). The predicted molar refractivity (Wildman–Crippen MR) is 104 cm³/mol. The molecule has 0 aromatic rings. The summed E-state index contributed by atoms with van der Waals surface area (Å²) in [4.78, 5) is 0. The van der Waals surface area contributed by atoms with Crippen LogP contribution in [0.4, 0.5) is 0 Å². The molecule has 1 saturated heterocycles. The van der Waals surface area contributed by atoms with Gasteiger partial charge < -0.3 is 14.3 Å². The van der Waals surface area contributed by atoms with Gasteiger partial charge >= 0.3 is 8.08 Å². The minimum atomic E-state index is -2.16. The first-order valence-corrected chi connectivity index (χ1v) is 21.9. The Kier molecular flexibility index (Phi) is 5.65. The van der Waals surface area contributed by atoms with Crippen molar-refractivity contribution in [2.75, 3.05) is 6.54 Å². The van der Waals surface area contributed by atoms with Crippen LogP contribution >= 0.6 is 0 Å². The monoisotopic (exact) mass is 363 g/mol. The lowest BCUT2D eigenvalue weighted by atomic mass is 10.2. The van der Waals surface area contributed by atoms with E-state index in [0.717, 1.165) is 19.0 Å². The van der Waals surface area contributed by atoms with Crippen molar-refractivity contribution >= 4 is 31.1 Å². The lowest BCUT2D eigenvalue weighted by molar-refractivity contribution is 0.0910. The summed E-state index contributed by atoms with van der Waals surface area (Å²) in [5.74, 6) is 0. The van der Waals surface area contributed by atoms with Gasteiger partial charge in [-0.25, -0.2) is 0 Å². The topological polar surface area (TPSA) is 44.5 Å². The van der Waals surface area contributed by atoms with Crippen molar-refractivity contribution < 1.29 is 8.54 Å². The Morgan fingerprint density at radius 3 is 2.10 bits per heavy atom. The summed E-state index contributed by atoms with van der Waals surface area (Å²) in [6.45, 7) is 22.6. The standard InChI is InChI=1S/C14H37NO2Si4/c1-14(2)13-19(6,7)20(8,9)21(16-14,12-10-11-15)17-18(3,4)5/h10-13,15H2,1-9H3. The van der Waals surface area contributed by atoms with E-state index in [1.165, 1.54) is 6.04 Å². The zero-order chi connectivity index (χ0) is 16.7. The van der Waals surface area contributed by atoms with E-state index in [2.05, 4.69) is 59.7 Å². The average Bonchev–Trinajstić information content (AvgIpc) is 2.19. The highest BCUT2D eigenvalue weighted by Crippen LogP contribution is 2.47. The van der Waals surface area contributed by atoms with Crippen LogP contribution in [0.1, 0.15) is 20.3 Å². The Morgan fingerprint density at radius 2 is 1.67 bits per heavy atom. The molecule has 7 heteroatoms. The summed E-state index contributed by atoms with van der Waals surface area (Å²) in [5.41, 5.74) is 5.83. The van der Waals surface area contributed by atoms with Gasteiger partial charge in [0.2, 0.25) is 0 Å². The summed E-state index contributed by atoms with van der Waals surface area (Å²) in [7, 11) is -6.61. The summed E-state index contributed by atoms with van der Waals surface area (Å²) in [6.07, 6.45) is 1.05. The molecular weight excluding hydrogens is 327 g/mol. The number of nitrogens with two attached hydrogens (primary N) is 1. The molecule has 126 valence electrons. The van der Waals surface area contributed by atoms with Crippen LogP contribution in [-0.4, -0.2) is 43.2 Å². The molecule has 0 aromatic heterocycles. The summed E-state index contributed by atoms with van der Waals surface area (Å²) in [6, 6.07) is 2.37. The molecule has 0 radical (unpaired) electrons. The van der Waals surface area contributed by atoms with Crippen LogP contribution in [0.5, 0.6) is 0 Å². The fourth-order valence-corrected chi connectivity index (χ4v) is 43.6. The third kappa shape index (κ3) is 4.18. The average molecular weight is 364 g/mol. The number of rotatable bonds is 5. The van der Waals surface area contributed by atoms with Gasteiger partial charge in [-0.3, -0.25) is 0 Å². The second kappa shape index (κ2) is 5.99. The van der Waals surface area contributed by atoms with Gasteiger partial charge in [-0.15, -0.1) is 0 Å². The molecule has 21 heavy (non-hydrogen) atoms. The highest BCUT2D eigenvalue weighted by molar-refractivity contribution is 7.67. The van der Waals surface area contributed by atoms with E-state index in [9.17, 15) is 0 Å². The molecule has 0 saturated carbocycles. The minimum absolute atomic E-state index is 0.0152. The number of hydrogen-bond donors (Lipinski definition) is 1. The van der Waals surface area contributed by atoms with Gasteiger partial charge in [0.25, 0.3) is 0 Å². The van der Waals surface area contributed by atoms with Gasteiger partial charge in [0, 0.05) is 7.59 Å². The van der Waals surface area contributed by atoms with Gasteiger partial charge in [-0.1, -0.05) is 26.2 Å². The molecule has 1 unspecified atom stereocenters. The van der Waals surface area contributed by atoms with Crippen LogP contribution in [0.25, 0.3) is 0 Å². The predicted octanol–water partition coefficient (Wildman–Crippen LogP) is 4.01. The van der Waals surface area contributed by atoms with Gasteiger partial charge in [-0.2, -0.15) is 0 Å². The quantitative estimate of drug-likeness (QED) is 0.750. The van der Waals surface area contributed by atoms with E-state index in [4.69, 9.17) is 14.3 Å². The molecule has 1 atom stereocenters. The number of hydrogen-bond acceptors (Lipinski definition) is 3. The van der Waals surface area contributed by atoms with E-state index in [1.807, 2.05) is 0 Å². The zero-order valence-electron chi connectivity index (χ0n) is 15.7. The molecule has 0 aliphatic carbocycles. The molecule has 0 aromatic carbocycles. The van der Waals surface area contributed by atoms with Crippen LogP contribution in [-0.2, 0) is 8.54 Å². The van der Waals surface area contributed by atoms with Gasteiger partial charge in [0.15, 0.2) is 8.32 Å². The lowest BCUT2D eigenvalue weighted by Crippen LogP contribution is -2.82. The van der Waals surface area contributed by atoms with Crippen molar-refractivity contribution in [1.82, 2.24) is 0 Å². The maximum Gasteiger partial charge on any atom is 0.303 e. The van der Waals surface area contributed by atoms with Crippen molar-refractivity contribution in [3.05, 3.63) is 0 Å². The molecule has 0 bridgehead atoms. The normalized spacial score (nSPS) is 31.1. The van der Waals surface area contributed by atoms with Gasteiger partial charge in [-0.05, 0) is 58.5 Å². The SMILES string of the molecule is CC1(C)C[Si](C)(C)[Si](C)(C)[Si](CCCN)(O[Si](C)(C)C)O1. The highest BCUT2D eigenvalue weighted by Gasteiger charge is 2.67. The zero-order valence-corrected chi connectivity index (χ0v) is 19.7. The summed E-state index contributed by atoms with van der Waals surface area (Å²) in [5, 5.41) is 0. The summed E-state index contributed by atoms with van der Waals surface area (Å²) >= 11 is 0. The Morgan fingerprint density at radius 1 is 1.14 bits per heavy atom. The molecule has 1 aliphatic rings. The minimum Gasteiger partial charge on any atom is -0.439 e. The van der Waals surface area contributed by atoms with E-state index in [-0.39, 0.29) is 5.60 Å². The Labute approximate surface area is 136 Å². The van der Waals surface area contributed by atoms with Crippen LogP contribution in [0.3, 0.4) is 0 Å². The molecule has 0 amide bonds. The fourth-order valence-electron chi connectivity index (χ4n) is 3.80. The maximum absolute atomic E-state index is 6.95. The fraction of sp³-hybridized carbons (Fsp3) is 1.00. The van der Waals surface area contributed by atoms with Gasteiger partial charge in [0.1, 0.15) is 7.11 Å². The van der Waals surface area contributed by atoms with E-state index in [0.29, 0.717) is 0 Å².